The Hall–Kier alpha value is -3.70. The summed E-state index contributed by atoms with van der Waals surface area (Å²) in [7, 11) is 0. The first-order chi connectivity index (χ1) is 19.3. The van der Waals surface area contributed by atoms with Gasteiger partial charge in [0, 0.05) is 23.7 Å². The molecule has 0 amide bonds. The van der Waals surface area contributed by atoms with E-state index in [1.165, 1.54) is 23.5 Å². The fourth-order valence-corrected chi connectivity index (χ4v) is 5.89. The van der Waals surface area contributed by atoms with Crippen molar-refractivity contribution in [1.29, 1.82) is 0 Å². The monoisotopic (exact) mass is 586 g/mol. The largest absolute Gasteiger partial charge is 0.494 e. The second-order valence-corrected chi connectivity index (χ2v) is 10.8. The molecule has 0 N–H and O–H groups in total. The van der Waals surface area contributed by atoms with Gasteiger partial charge in [-0.05, 0) is 67.8 Å². The molecule has 2 atom stereocenters. The number of benzene rings is 2. The van der Waals surface area contributed by atoms with Crippen molar-refractivity contribution < 1.29 is 42.9 Å². The SMILES string of the molecule is C=CC(=O)OCCCCOc1ccc(C(=O)Oc2ccc(OC(=O)C3CSC(OC(=O)C=C)CS3)c(C)c2)cc1. The van der Waals surface area contributed by atoms with Crippen LogP contribution in [0.15, 0.2) is 67.8 Å². The van der Waals surface area contributed by atoms with Gasteiger partial charge in [0.15, 0.2) is 5.44 Å². The summed E-state index contributed by atoms with van der Waals surface area (Å²) in [6.07, 6.45) is 3.60. The molecule has 1 aliphatic heterocycles. The molecule has 0 saturated carbocycles. The van der Waals surface area contributed by atoms with Gasteiger partial charge in [-0.1, -0.05) is 13.2 Å². The summed E-state index contributed by atoms with van der Waals surface area (Å²) in [5.74, 6) is 0.339. The zero-order valence-electron chi connectivity index (χ0n) is 22.0. The Morgan fingerprint density at radius 3 is 2.23 bits per heavy atom. The zero-order chi connectivity index (χ0) is 28.9. The topological polar surface area (TPSA) is 114 Å². The predicted molar refractivity (Wildman–Crippen MR) is 153 cm³/mol. The van der Waals surface area contributed by atoms with E-state index in [0.717, 1.165) is 12.2 Å². The molecule has 3 rings (SSSR count). The van der Waals surface area contributed by atoms with Crippen LogP contribution in [0.4, 0.5) is 0 Å². The molecule has 2 aromatic rings. The minimum atomic E-state index is -0.540. The molecule has 40 heavy (non-hydrogen) atoms. The first-order valence-electron chi connectivity index (χ1n) is 12.4. The number of unbranched alkanes of at least 4 members (excludes halogenated alkanes) is 1. The molecule has 0 spiro atoms. The van der Waals surface area contributed by atoms with Crippen molar-refractivity contribution in [2.24, 2.45) is 0 Å². The summed E-state index contributed by atoms with van der Waals surface area (Å²) < 4.78 is 26.8. The highest BCUT2D eigenvalue weighted by Crippen LogP contribution is 2.32. The molecule has 0 bridgehead atoms. The fraction of sp³-hybridized carbons (Fsp3) is 0.310. The molecule has 1 heterocycles. The molecular weight excluding hydrogens is 556 g/mol. The number of aryl methyl sites for hydroxylation is 1. The highest BCUT2D eigenvalue weighted by molar-refractivity contribution is 8.07. The van der Waals surface area contributed by atoms with E-state index in [-0.39, 0.29) is 5.44 Å². The van der Waals surface area contributed by atoms with Gasteiger partial charge in [-0.25, -0.2) is 14.4 Å². The normalized spacial score (nSPS) is 16.2. The van der Waals surface area contributed by atoms with Crippen LogP contribution >= 0.6 is 23.5 Å². The second kappa shape index (κ2) is 15.8. The van der Waals surface area contributed by atoms with E-state index in [9.17, 15) is 19.2 Å². The maximum absolute atomic E-state index is 12.6. The molecule has 2 aromatic carbocycles. The van der Waals surface area contributed by atoms with Crippen molar-refractivity contribution in [2.45, 2.75) is 30.5 Å². The Balaban J connectivity index is 1.43. The molecule has 9 nitrogen and oxygen atoms in total. The second-order valence-electron chi connectivity index (χ2n) is 8.42. The summed E-state index contributed by atoms with van der Waals surface area (Å²) in [6.45, 7) is 9.21. The average molecular weight is 587 g/mol. The number of rotatable bonds is 13. The lowest BCUT2D eigenvalue weighted by molar-refractivity contribution is -0.139. The molecule has 212 valence electrons. The van der Waals surface area contributed by atoms with Crippen LogP contribution in [-0.4, -0.2) is 59.3 Å². The smallest absolute Gasteiger partial charge is 0.343 e. The molecule has 0 radical (unpaired) electrons. The third-order valence-corrected chi connectivity index (χ3v) is 8.26. The van der Waals surface area contributed by atoms with Crippen LogP contribution in [-0.2, 0) is 23.9 Å². The third kappa shape index (κ3) is 9.80. The van der Waals surface area contributed by atoms with Gasteiger partial charge in [0.05, 0.1) is 18.8 Å². The summed E-state index contributed by atoms with van der Waals surface area (Å²) in [5.41, 5.74) is 0.652. The van der Waals surface area contributed by atoms with Crippen molar-refractivity contribution in [2.75, 3.05) is 24.7 Å². The molecule has 11 heteroatoms. The Morgan fingerprint density at radius 1 is 0.875 bits per heavy atom. The van der Waals surface area contributed by atoms with E-state index < -0.39 is 29.1 Å². The first-order valence-corrected chi connectivity index (χ1v) is 14.5. The van der Waals surface area contributed by atoms with E-state index >= 15 is 0 Å². The number of carbonyl (C=O) groups is 4. The van der Waals surface area contributed by atoms with E-state index in [4.69, 9.17) is 23.7 Å². The first kappa shape index (κ1) is 30.8. The zero-order valence-corrected chi connectivity index (χ0v) is 23.6. The van der Waals surface area contributed by atoms with E-state index in [0.29, 0.717) is 65.9 Å². The number of carbonyl (C=O) groups excluding carboxylic acids is 4. The molecule has 0 aromatic heterocycles. The number of hydrogen-bond donors (Lipinski definition) is 0. The Morgan fingerprint density at radius 2 is 1.57 bits per heavy atom. The van der Waals surface area contributed by atoms with Crippen molar-refractivity contribution in [3.8, 4) is 17.2 Å². The van der Waals surface area contributed by atoms with Crippen molar-refractivity contribution >= 4 is 47.4 Å². The van der Waals surface area contributed by atoms with Crippen molar-refractivity contribution in [3.05, 3.63) is 78.9 Å². The van der Waals surface area contributed by atoms with Crippen LogP contribution in [0.5, 0.6) is 17.2 Å². The maximum Gasteiger partial charge on any atom is 0.343 e. The number of ether oxygens (including phenoxy) is 5. The fourth-order valence-electron chi connectivity index (χ4n) is 3.32. The number of esters is 4. The van der Waals surface area contributed by atoms with Crippen molar-refractivity contribution in [3.63, 3.8) is 0 Å². The van der Waals surface area contributed by atoms with Crippen molar-refractivity contribution in [1.82, 2.24) is 0 Å². The Kier molecular flexibility index (Phi) is 12.2. The van der Waals surface area contributed by atoms with E-state index in [1.807, 2.05) is 0 Å². The van der Waals surface area contributed by atoms with Gasteiger partial charge in [0.2, 0.25) is 0 Å². The molecular formula is C29H30O9S2. The van der Waals surface area contributed by atoms with Gasteiger partial charge in [0.1, 0.15) is 22.5 Å². The number of thioether (sulfide) groups is 2. The third-order valence-electron chi connectivity index (χ3n) is 5.42. The van der Waals surface area contributed by atoms with Gasteiger partial charge >= 0.3 is 23.9 Å². The van der Waals surface area contributed by atoms with Gasteiger partial charge in [0.25, 0.3) is 0 Å². The van der Waals surface area contributed by atoms with Gasteiger partial charge in [-0.3, -0.25) is 4.79 Å². The van der Waals surface area contributed by atoms with Crippen LogP contribution in [0, 0.1) is 6.92 Å². The van der Waals surface area contributed by atoms with Gasteiger partial charge in [-0.2, -0.15) is 0 Å². The Bertz CT molecular complexity index is 1220. The van der Waals surface area contributed by atoms with Gasteiger partial charge < -0.3 is 23.7 Å². The molecule has 1 aliphatic rings. The predicted octanol–water partition coefficient (Wildman–Crippen LogP) is 4.91. The minimum Gasteiger partial charge on any atom is -0.494 e. The summed E-state index contributed by atoms with van der Waals surface area (Å²) in [6, 6.07) is 11.3. The van der Waals surface area contributed by atoms with Crippen LogP contribution < -0.4 is 14.2 Å². The maximum atomic E-state index is 12.6. The highest BCUT2D eigenvalue weighted by Gasteiger charge is 2.30. The average Bonchev–Trinajstić information content (AvgIpc) is 2.96. The standard InChI is InChI=1S/C29H30O9S2/c1-4-25(30)35-15-7-6-14-34-21-10-8-20(9-11-21)28(32)36-22-12-13-23(19(3)16-22)37-29(33)24-17-40-27(18-39-24)38-26(31)5-2/h4-5,8-13,16,24,27H,1-2,6-7,14-15,17-18H2,3H3. The van der Waals surface area contributed by atoms with E-state index in [2.05, 4.69) is 13.2 Å². The lowest BCUT2D eigenvalue weighted by Crippen LogP contribution is -2.33. The summed E-state index contributed by atoms with van der Waals surface area (Å²) >= 11 is 2.75. The van der Waals surface area contributed by atoms with E-state index in [1.54, 1.807) is 49.4 Å². The highest BCUT2D eigenvalue weighted by atomic mass is 32.2. The molecule has 2 unspecified atom stereocenters. The minimum absolute atomic E-state index is 0.303. The number of hydrogen-bond acceptors (Lipinski definition) is 11. The van der Waals surface area contributed by atoms with Gasteiger partial charge in [-0.15, -0.1) is 23.5 Å². The summed E-state index contributed by atoms with van der Waals surface area (Å²) in [5, 5.41) is -0.394. The quantitative estimate of drug-likeness (QED) is 0.138. The van der Waals surface area contributed by atoms with Crippen LogP contribution in [0.1, 0.15) is 28.8 Å². The lowest BCUT2D eigenvalue weighted by Gasteiger charge is -2.26. The van der Waals surface area contributed by atoms with Crippen LogP contribution in [0.3, 0.4) is 0 Å². The van der Waals surface area contributed by atoms with Crippen LogP contribution in [0.25, 0.3) is 0 Å². The van der Waals surface area contributed by atoms with Crippen LogP contribution in [0.2, 0.25) is 0 Å². The molecule has 1 saturated heterocycles. The summed E-state index contributed by atoms with van der Waals surface area (Å²) in [4.78, 5) is 47.6. The molecule has 0 aliphatic carbocycles. The Labute approximate surface area is 241 Å². The lowest BCUT2D eigenvalue weighted by atomic mass is 10.2. The molecule has 1 fully saturated rings.